The third kappa shape index (κ3) is 4.03. The molecule has 1 aromatic rings. The van der Waals surface area contributed by atoms with Crippen molar-refractivity contribution >= 4 is 17.4 Å². The predicted molar refractivity (Wildman–Crippen MR) is 59.7 cm³/mol. The Balaban J connectivity index is 2.72. The van der Waals surface area contributed by atoms with Crippen LogP contribution in [0.15, 0.2) is 18.2 Å². The number of halogens is 1. The van der Waals surface area contributed by atoms with Crippen molar-refractivity contribution in [2.24, 2.45) is 0 Å². The fraction of sp³-hybridized carbons (Fsp3) is 0.250. The van der Waals surface area contributed by atoms with Crippen molar-refractivity contribution in [3.63, 3.8) is 0 Å². The Morgan fingerprint density at radius 1 is 1.41 bits per heavy atom. The van der Waals surface area contributed by atoms with Gasteiger partial charge < -0.3 is 10.1 Å². The number of benzene rings is 1. The van der Waals surface area contributed by atoms with E-state index < -0.39 is 5.82 Å². The summed E-state index contributed by atoms with van der Waals surface area (Å²) in [6.45, 7) is 1.39. The molecular weight excluding hydrogens is 223 g/mol. The van der Waals surface area contributed by atoms with E-state index in [2.05, 4.69) is 5.32 Å². The van der Waals surface area contributed by atoms with E-state index >= 15 is 0 Å². The van der Waals surface area contributed by atoms with Crippen molar-refractivity contribution in [1.29, 1.82) is 5.26 Å². The monoisotopic (exact) mass is 234 g/mol. The van der Waals surface area contributed by atoms with Crippen LogP contribution in [0, 0.1) is 17.1 Å². The number of nitrogens with zero attached hydrogens (tertiary/aromatic N) is 1. The van der Waals surface area contributed by atoms with Crippen LogP contribution < -0.4 is 5.32 Å². The molecule has 0 radical (unpaired) electrons. The Bertz CT molecular complexity index is 492. The first-order valence-corrected chi connectivity index (χ1v) is 5.02. The van der Waals surface area contributed by atoms with Gasteiger partial charge in [-0.05, 0) is 25.1 Å². The number of carbonyl (C=O) groups excluding carboxylic acids is 2. The first kappa shape index (κ1) is 12.8. The van der Waals surface area contributed by atoms with Crippen molar-refractivity contribution in [3.05, 3.63) is 29.6 Å². The number of hydrogen-bond donors (Lipinski definition) is 1. The number of rotatable bonds is 4. The van der Waals surface area contributed by atoms with Gasteiger partial charge in [0, 0.05) is 12.8 Å². The third-order valence-corrected chi connectivity index (χ3v) is 2.08. The average molecular weight is 234 g/mol. The molecular formula is C12H11FN2O2. The second kappa shape index (κ2) is 5.75. The van der Waals surface area contributed by atoms with E-state index in [4.69, 9.17) is 5.26 Å². The Kier molecular flexibility index (Phi) is 4.35. The summed E-state index contributed by atoms with van der Waals surface area (Å²) in [6, 6.07) is 5.30. The van der Waals surface area contributed by atoms with Gasteiger partial charge in [0.25, 0.3) is 0 Å². The molecule has 0 fully saturated rings. The van der Waals surface area contributed by atoms with Crippen LogP contribution in [0.1, 0.15) is 25.3 Å². The lowest BCUT2D eigenvalue weighted by Crippen LogP contribution is -2.13. The van der Waals surface area contributed by atoms with Gasteiger partial charge in [-0.3, -0.25) is 4.79 Å². The highest BCUT2D eigenvalue weighted by Gasteiger charge is 2.08. The zero-order chi connectivity index (χ0) is 12.8. The number of nitrogens with one attached hydrogen (secondary N) is 1. The summed E-state index contributed by atoms with van der Waals surface area (Å²) < 4.78 is 12.8. The SMILES string of the molecule is CC(=O)CCC(=O)Nc1ccc(F)cc1C#N. The summed E-state index contributed by atoms with van der Waals surface area (Å²) in [7, 11) is 0. The van der Waals surface area contributed by atoms with Gasteiger partial charge in [0.2, 0.25) is 5.91 Å². The van der Waals surface area contributed by atoms with Crippen LogP contribution in [-0.2, 0) is 9.59 Å². The molecule has 0 saturated carbocycles. The molecule has 1 rings (SSSR count). The summed E-state index contributed by atoms with van der Waals surface area (Å²) in [6.07, 6.45) is 0.201. The van der Waals surface area contributed by atoms with Gasteiger partial charge in [-0.2, -0.15) is 5.26 Å². The van der Waals surface area contributed by atoms with Crippen LogP contribution in [0.25, 0.3) is 0 Å². The minimum Gasteiger partial charge on any atom is -0.325 e. The number of carbonyl (C=O) groups is 2. The van der Waals surface area contributed by atoms with Crippen LogP contribution in [0.5, 0.6) is 0 Å². The lowest BCUT2D eigenvalue weighted by molar-refractivity contribution is -0.121. The molecule has 0 unspecified atom stereocenters. The number of Topliss-reactive ketones (excluding diaryl/α,β-unsaturated/α-hetero) is 1. The zero-order valence-electron chi connectivity index (χ0n) is 9.29. The number of nitriles is 1. The Morgan fingerprint density at radius 3 is 2.71 bits per heavy atom. The molecule has 1 aromatic carbocycles. The van der Waals surface area contributed by atoms with Crippen LogP contribution in [0.4, 0.5) is 10.1 Å². The highest BCUT2D eigenvalue weighted by molar-refractivity contribution is 5.94. The normalized spacial score (nSPS) is 9.47. The van der Waals surface area contributed by atoms with Crippen LogP contribution >= 0.6 is 0 Å². The molecule has 0 spiro atoms. The minimum absolute atomic E-state index is 0.0532. The highest BCUT2D eigenvalue weighted by atomic mass is 19.1. The largest absolute Gasteiger partial charge is 0.325 e. The first-order chi connectivity index (χ1) is 8.02. The zero-order valence-corrected chi connectivity index (χ0v) is 9.29. The predicted octanol–water partition coefficient (Wildman–Crippen LogP) is 2.01. The number of amides is 1. The molecule has 0 aliphatic heterocycles. The van der Waals surface area contributed by atoms with Gasteiger partial charge in [-0.15, -0.1) is 0 Å². The number of anilines is 1. The van der Waals surface area contributed by atoms with E-state index in [1.54, 1.807) is 6.07 Å². The Morgan fingerprint density at radius 2 is 2.12 bits per heavy atom. The second-order valence-electron chi connectivity index (χ2n) is 3.55. The van der Waals surface area contributed by atoms with Crippen molar-refractivity contribution in [2.75, 3.05) is 5.32 Å². The fourth-order valence-electron chi connectivity index (χ4n) is 1.22. The molecule has 0 heterocycles. The average Bonchev–Trinajstić information content (AvgIpc) is 2.28. The van der Waals surface area contributed by atoms with E-state index in [1.165, 1.54) is 13.0 Å². The van der Waals surface area contributed by atoms with Crippen molar-refractivity contribution < 1.29 is 14.0 Å². The maximum absolute atomic E-state index is 12.8. The summed E-state index contributed by atoms with van der Waals surface area (Å²) >= 11 is 0. The molecule has 17 heavy (non-hydrogen) atoms. The molecule has 5 heteroatoms. The summed E-state index contributed by atoms with van der Waals surface area (Å²) in [5.74, 6) is -0.994. The first-order valence-electron chi connectivity index (χ1n) is 5.02. The van der Waals surface area contributed by atoms with E-state index in [-0.39, 0.29) is 35.8 Å². The van der Waals surface area contributed by atoms with E-state index in [1.807, 2.05) is 0 Å². The van der Waals surface area contributed by atoms with Crippen molar-refractivity contribution in [1.82, 2.24) is 0 Å². The molecule has 0 saturated heterocycles. The molecule has 0 atom stereocenters. The van der Waals surface area contributed by atoms with Gasteiger partial charge in [0.15, 0.2) is 0 Å². The van der Waals surface area contributed by atoms with E-state index in [9.17, 15) is 14.0 Å². The van der Waals surface area contributed by atoms with Crippen molar-refractivity contribution in [3.8, 4) is 6.07 Å². The maximum Gasteiger partial charge on any atom is 0.224 e. The van der Waals surface area contributed by atoms with Gasteiger partial charge in [-0.25, -0.2) is 4.39 Å². The molecule has 0 aromatic heterocycles. The van der Waals surface area contributed by atoms with Crippen molar-refractivity contribution in [2.45, 2.75) is 19.8 Å². The molecule has 1 amide bonds. The van der Waals surface area contributed by atoms with Crippen LogP contribution in [0.3, 0.4) is 0 Å². The minimum atomic E-state index is -0.539. The molecule has 0 aliphatic carbocycles. The van der Waals surface area contributed by atoms with E-state index in [0.29, 0.717) is 0 Å². The van der Waals surface area contributed by atoms with Crippen LogP contribution in [-0.4, -0.2) is 11.7 Å². The summed E-state index contributed by atoms with van der Waals surface area (Å²) in [4.78, 5) is 22.1. The third-order valence-electron chi connectivity index (χ3n) is 2.08. The van der Waals surface area contributed by atoms with Gasteiger partial charge in [0.05, 0.1) is 11.3 Å². The summed E-state index contributed by atoms with van der Waals surface area (Å²) in [5, 5.41) is 11.2. The highest BCUT2D eigenvalue weighted by Crippen LogP contribution is 2.16. The Hall–Kier alpha value is -2.22. The van der Waals surface area contributed by atoms with E-state index in [0.717, 1.165) is 12.1 Å². The lowest BCUT2D eigenvalue weighted by Gasteiger charge is -2.06. The van der Waals surface area contributed by atoms with Gasteiger partial charge in [0.1, 0.15) is 17.7 Å². The number of hydrogen-bond acceptors (Lipinski definition) is 3. The molecule has 88 valence electrons. The van der Waals surface area contributed by atoms with Gasteiger partial charge >= 0.3 is 0 Å². The second-order valence-corrected chi connectivity index (χ2v) is 3.55. The Labute approximate surface area is 98.1 Å². The molecule has 1 N–H and O–H groups in total. The summed E-state index contributed by atoms with van der Waals surface area (Å²) in [5.41, 5.74) is 0.309. The standard InChI is InChI=1S/C12H11FN2O2/c1-8(16)2-5-12(17)15-11-4-3-10(13)6-9(11)7-14/h3-4,6H,2,5H2,1H3,(H,15,17). The van der Waals surface area contributed by atoms with Crippen LogP contribution in [0.2, 0.25) is 0 Å². The van der Waals surface area contributed by atoms with Gasteiger partial charge in [-0.1, -0.05) is 0 Å². The quantitative estimate of drug-likeness (QED) is 0.866. The lowest BCUT2D eigenvalue weighted by atomic mass is 10.1. The fourth-order valence-corrected chi connectivity index (χ4v) is 1.22. The molecule has 0 aliphatic rings. The topological polar surface area (TPSA) is 70.0 Å². The molecule has 0 bridgehead atoms. The maximum atomic E-state index is 12.8. The molecule has 4 nitrogen and oxygen atoms in total. The number of ketones is 1. The smallest absolute Gasteiger partial charge is 0.224 e.